The van der Waals surface area contributed by atoms with Gasteiger partial charge in [-0.1, -0.05) is 0 Å². The van der Waals surface area contributed by atoms with Crippen LogP contribution in [0.4, 0.5) is 0 Å². The molecule has 3 heterocycles. The molecule has 0 bridgehead atoms. The quantitative estimate of drug-likeness (QED) is 0.493. The number of fused-ring (bicyclic) bond motifs is 2. The summed E-state index contributed by atoms with van der Waals surface area (Å²) < 4.78 is 1.41. The summed E-state index contributed by atoms with van der Waals surface area (Å²) >= 11 is 0. The zero-order chi connectivity index (χ0) is 14.6. The molecule has 12 nitrogen and oxygen atoms in total. The third kappa shape index (κ3) is 1.87. The summed E-state index contributed by atoms with van der Waals surface area (Å²) in [6.45, 7) is 0. The molecule has 22 heavy (non-hydrogen) atoms. The van der Waals surface area contributed by atoms with Crippen molar-refractivity contribution in [3.05, 3.63) is 44.8 Å². The van der Waals surface area contributed by atoms with Gasteiger partial charge in [-0.25, -0.2) is 19.6 Å². The molecule has 0 spiro atoms. The van der Waals surface area contributed by atoms with Crippen molar-refractivity contribution in [2.24, 2.45) is 0 Å². The molecule has 6 N–H and O–H groups in total. The molecular weight excluding hydrogens is 304 g/mol. The predicted octanol–water partition coefficient (Wildman–Crippen LogP) is -3.11. The fourth-order valence-corrected chi connectivity index (χ4v) is 1.95. The first-order chi connectivity index (χ1) is 9.43. The lowest BCUT2D eigenvalue weighted by molar-refractivity contribution is 0.0682. The van der Waals surface area contributed by atoms with Crippen LogP contribution < -0.4 is 11.1 Å². The third-order valence-electron chi connectivity index (χ3n) is 2.78. The maximum Gasteiger partial charge on any atom is 0.356 e. The Hall–Kier alpha value is -3.38. The van der Waals surface area contributed by atoms with E-state index in [-0.39, 0.29) is 11.0 Å². The maximum absolute atomic E-state index is 12.1. The Bertz CT molecular complexity index is 921. The Morgan fingerprint density at radius 1 is 0.818 bits per heavy atom. The molecule has 3 aromatic heterocycles. The van der Waals surface area contributed by atoms with E-state index in [0.717, 1.165) is 12.7 Å². The second-order valence-corrected chi connectivity index (χ2v) is 3.84. The van der Waals surface area contributed by atoms with Crippen LogP contribution in [0.2, 0.25) is 0 Å². The van der Waals surface area contributed by atoms with E-state index in [1.165, 1.54) is 0 Å². The SMILES string of the molecule is O.O.O=C(O)c1ncn2c(=O)c3c(C(=O)O)ncn3c(=O)c12. The van der Waals surface area contributed by atoms with Crippen molar-refractivity contribution in [2.45, 2.75) is 0 Å². The summed E-state index contributed by atoms with van der Waals surface area (Å²) in [5.74, 6) is -2.94. The Labute approximate surface area is 118 Å². The van der Waals surface area contributed by atoms with Crippen LogP contribution in [-0.2, 0) is 0 Å². The number of nitrogens with zero attached hydrogens (tertiary/aromatic N) is 4. The molecule has 0 saturated carbocycles. The minimum absolute atomic E-state index is 0. The van der Waals surface area contributed by atoms with Gasteiger partial charge in [-0.3, -0.25) is 18.4 Å². The molecule has 0 aliphatic rings. The zero-order valence-electron chi connectivity index (χ0n) is 10.5. The minimum Gasteiger partial charge on any atom is -0.476 e. The van der Waals surface area contributed by atoms with Gasteiger partial charge in [-0.15, -0.1) is 0 Å². The van der Waals surface area contributed by atoms with Gasteiger partial charge >= 0.3 is 11.9 Å². The van der Waals surface area contributed by atoms with E-state index < -0.39 is 45.5 Å². The van der Waals surface area contributed by atoms with E-state index in [4.69, 9.17) is 10.2 Å². The van der Waals surface area contributed by atoms with Gasteiger partial charge in [0.2, 0.25) is 0 Å². The largest absolute Gasteiger partial charge is 0.476 e. The van der Waals surface area contributed by atoms with Crippen molar-refractivity contribution in [2.75, 3.05) is 0 Å². The Kier molecular flexibility index (Phi) is 3.93. The highest BCUT2D eigenvalue weighted by molar-refractivity contribution is 5.95. The van der Waals surface area contributed by atoms with Crippen LogP contribution in [0, 0.1) is 0 Å². The van der Waals surface area contributed by atoms with E-state index in [1.807, 2.05) is 0 Å². The lowest BCUT2D eigenvalue weighted by atomic mass is 10.3. The normalized spacial score (nSPS) is 10.2. The first-order valence-corrected chi connectivity index (χ1v) is 5.14. The smallest absolute Gasteiger partial charge is 0.356 e. The van der Waals surface area contributed by atoms with Gasteiger partial charge in [0.15, 0.2) is 11.4 Å². The van der Waals surface area contributed by atoms with Gasteiger partial charge in [0.05, 0.1) is 0 Å². The minimum atomic E-state index is -1.47. The molecular formula is C10H8N4O8. The van der Waals surface area contributed by atoms with E-state index >= 15 is 0 Å². The van der Waals surface area contributed by atoms with Crippen LogP contribution in [0.5, 0.6) is 0 Å². The number of imidazole rings is 2. The van der Waals surface area contributed by atoms with Gasteiger partial charge in [0.1, 0.15) is 23.7 Å². The monoisotopic (exact) mass is 312 g/mol. The highest BCUT2D eigenvalue weighted by atomic mass is 16.4. The average molecular weight is 312 g/mol. The van der Waals surface area contributed by atoms with Gasteiger partial charge < -0.3 is 21.2 Å². The molecule has 3 rings (SSSR count). The van der Waals surface area contributed by atoms with Crippen LogP contribution >= 0.6 is 0 Å². The summed E-state index contributed by atoms with van der Waals surface area (Å²) in [4.78, 5) is 53.1. The number of hydrogen-bond donors (Lipinski definition) is 2. The van der Waals surface area contributed by atoms with Crippen molar-refractivity contribution in [1.29, 1.82) is 0 Å². The van der Waals surface area contributed by atoms with E-state index in [0.29, 0.717) is 8.80 Å². The van der Waals surface area contributed by atoms with Crippen LogP contribution in [-0.4, -0.2) is 51.9 Å². The molecule has 0 fully saturated rings. The molecule has 12 heteroatoms. The molecule has 0 aliphatic heterocycles. The second kappa shape index (κ2) is 5.19. The fraction of sp³-hybridized carbons (Fsp3) is 0. The molecule has 0 radical (unpaired) electrons. The fourth-order valence-electron chi connectivity index (χ4n) is 1.95. The van der Waals surface area contributed by atoms with Gasteiger partial charge in [-0.2, -0.15) is 0 Å². The summed E-state index contributed by atoms with van der Waals surface area (Å²) in [7, 11) is 0. The number of hydrogen-bond acceptors (Lipinski definition) is 6. The van der Waals surface area contributed by atoms with Gasteiger partial charge in [0.25, 0.3) is 11.1 Å². The molecule has 0 saturated heterocycles. The summed E-state index contributed by atoms with van der Waals surface area (Å²) in [6.07, 6.45) is 1.72. The first kappa shape index (κ1) is 16.7. The molecule has 0 amide bonds. The van der Waals surface area contributed by atoms with Crippen molar-refractivity contribution in [3.63, 3.8) is 0 Å². The molecule has 0 unspecified atom stereocenters. The second-order valence-electron chi connectivity index (χ2n) is 3.84. The Balaban J connectivity index is 0.00000121. The number of rotatable bonds is 2. The molecule has 0 aliphatic carbocycles. The van der Waals surface area contributed by atoms with Gasteiger partial charge in [0, 0.05) is 0 Å². The number of carbonyl (C=O) groups is 2. The van der Waals surface area contributed by atoms with Gasteiger partial charge in [-0.05, 0) is 0 Å². The standard InChI is InChI=1S/C10H4N4O6.2H2O/c15-7-6-4(10(19)20)12-2-14(6)8(16)5-3(9(17)18)11-1-13(5)7;;/h1-2H,(H,17,18)(H,19,20);2*1H2. The number of carboxylic acid groups (broad SMARTS) is 2. The first-order valence-electron chi connectivity index (χ1n) is 5.14. The number of carboxylic acids is 2. The average Bonchev–Trinajstić information content (AvgIpc) is 3.00. The van der Waals surface area contributed by atoms with Crippen LogP contribution in [0.3, 0.4) is 0 Å². The lowest BCUT2D eigenvalue weighted by Crippen LogP contribution is -2.27. The molecule has 0 atom stereocenters. The molecule has 3 aromatic rings. The Morgan fingerprint density at radius 2 is 1.14 bits per heavy atom. The molecule has 0 aromatic carbocycles. The van der Waals surface area contributed by atoms with Crippen molar-refractivity contribution in [3.8, 4) is 0 Å². The van der Waals surface area contributed by atoms with Crippen LogP contribution in [0.25, 0.3) is 11.0 Å². The highest BCUT2D eigenvalue weighted by Crippen LogP contribution is 2.07. The summed E-state index contributed by atoms with van der Waals surface area (Å²) in [5.41, 5.74) is -3.81. The Morgan fingerprint density at radius 3 is 1.41 bits per heavy atom. The van der Waals surface area contributed by atoms with Crippen LogP contribution in [0.15, 0.2) is 22.2 Å². The van der Waals surface area contributed by atoms with Crippen molar-refractivity contribution < 1.29 is 30.8 Å². The number of aromatic nitrogens is 4. The predicted molar refractivity (Wildman–Crippen MR) is 68.8 cm³/mol. The van der Waals surface area contributed by atoms with Crippen molar-refractivity contribution in [1.82, 2.24) is 18.8 Å². The topological polar surface area (TPSA) is 206 Å². The summed E-state index contributed by atoms with van der Waals surface area (Å²) in [5, 5.41) is 17.8. The summed E-state index contributed by atoms with van der Waals surface area (Å²) in [6, 6.07) is 0. The lowest BCUT2D eigenvalue weighted by Gasteiger charge is -1.96. The molecule has 116 valence electrons. The zero-order valence-corrected chi connectivity index (χ0v) is 10.5. The van der Waals surface area contributed by atoms with E-state index in [1.54, 1.807) is 0 Å². The van der Waals surface area contributed by atoms with Crippen molar-refractivity contribution >= 4 is 23.0 Å². The van der Waals surface area contributed by atoms with E-state index in [9.17, 15) is 19.2 Å². The number of aromatic carboxylic acids is 2. The highest BCUT2D eigenvalue weighted by Gasteiger charge is 2.23. The maximum atomic E-state index is 12.1. The van der Waals surface area contributed by atoms with E-state index in [2.05, 4.69) is 9.97 Å². The third-order valence-corrected chi connectivity index (χ3v) is 2.78. The van der Waals surface area contributed by atoms with Crippen LogP contribution in [0.1, 0.15) is 21.0 Å².